The highest BCUT2D eigenvalue weighted by atomic mass is 16.6. The molecule has 0 N–H and O–H groups in total. The Morgan fingerprint density at radius 2 is 0.750 bits per heavy atom. The molecule has 0 saturated heterocycles. The number of rotatable bonds is 42. The van der Waals surface area contributed by atoms with Crippen LogP contribution in [-0.2, 0) is 23.8 Å². The molecule has 0 aromatic carbocycles. The van der Waals surface area contributed by atoms with Gasteiger partial charge in [0.25, 0.3) is 0 Å². The van der Waals surface area contributed by atoms with Gasteiger partial charge in [0.15, 0.2) is 6.10 Å². The molecule has 0 aromatic heterocycles. The molecule has 0 rings (SSSR count). The first-order valence-corrected chi connectivity index (χ1v) is 24.1. The average Bonchev–Trinajstić information content (AvgIpc) is 3.25. The van der Waals surface area contributed by atoms with Crippen molar-refractivity contribution in [2.75, 3.05) is 19.8 Å². The topological polar surface area (TPSA) is 61.8 Å². The highest BCUT2D eigenvalue weighted by Gasteiger charge is 2.17. The molecule has 0 saturated carbocycles. The van der Waals surface area contributed by atoms with Crippen LogP contribution in [0.15, 0.2) is 122 Å². The van der Waals surface area contributed by atoms with E-state index in [1.165, 1.54) is 38.5 Å². The van der Waals surface area contributed by atoms with Gasteiger partial charge in [0.2, 0.25) is 0 Å². The van der Waals surface area contributed by atoms with Gasteiger partial charge < -0.3 is 14.2 Å². The molecule has 0 radical (unpaired) electrons. The Balaban J connectivity index is 4.48. The fourth-order valence-corrected chi connectivity index (χ4v) is 5.94. The van der Waals surface area contributed by atoms with Crippen LogP contribution < -0.4 is 0 Å². The number of ether oxygens (including phenoxy) is 3. The maximum absolute atomic E-state index is 12.8. The summed E-state index contributed by atoms with van der Waals surface area (Å²) in [6, 6.07) is 0. The molecular formula is C55H88O5. The normalized spacial score (nSPS) is 13.3. The standard InChI is InChI=1S/C55H88O5/c1-4-7-10-13-16-19-22-25-28-30-33-36-39-42-45-48-54(56)59-52-53(51-58-50-47-44-41-38-35-32-27-24-21-18-15-12-9-6-3)60-55(57)49-46-43-40-37-34-31-29-26-23-20-17-14-11-8-5-2/h7,9-10,12,16-21,25-29,32-33,36,38,41,53H,4-6,8,11,13-15,22-24,30-31,34-35,37,39-40,42-52H2,1-3H3/b10-7-,12-9-,19-16-,20-17-,21-18-,28-25-,29-26-,32-27-,36-33-,41-38-. The van der Waals surface area contributed by atoms with Crippen molar-refractivity contribution in [3.63, 3.8) is 0 Å². The maximum atomic E-state index is 12.8. The first kappa shape index (κ1) is 56.3. The van der Waals surface area contributed by atoms with Gasteiger partial charge in [-0.1, -0.05) is 174 Å². The van der Waals surface area contributed by atoms with Crippen LogP contribution in [0, 0.1) is 0 Å². The molecule has 5 nitrogen and oxygen atoms in total. The summed E-state index contributed by atoms with van der Waals surface area (Å²) in [5.41, 5.74) is 0. The summed E-state index contributed by atoms with van der Waals surface area (Å²) in [6.45, 7) is 7.35. The van der Waals surface area contributed by atoms with Gasteiger partial charge in [-0.05, 0) is 122 Å². The smallest absolute Gasteiger partial charge is 0.306 e. The van der Waals surface area contributed by atoms with Crippen molar-refractivity contribution >= 4 is 11.9 Å². The van der Waals surface area contributed by atoms with Crippen molar-refractivity contribution in [2.24, 2.45) is 0 Å². The predicted octanol–water partition coefficient (Wildman–Crippen LogP) is 16.2. The van der Waals surface area contributed by atoms with Gasteiger partial charge in [0, 0.05) is 19.4 Å². The second-order valence-corrected chi connectivity index (χ2v) is 15.2. The summed E-state index contributed by atoms with van der Waals surface area (Å²) in [5, 5.41) is 0. The monoisotopic (exact) mass is 829 g/mol. The van der Waals surface area contributed by atoms with E-state index in [9.17, 15) is 9.59 Å². The van der Waals surface area contributed by atoms with Crippen LogP contribution in [0.1, 0.15) is 188 Å². The minimum atomic E-state index is -0.596. The van der Waals surface area contributed by atoms with E-state index in [2.05, 4.69) is 142 Å². The third-order valence-corrected chi connectivity index (χ3v) is 9.46. The molecule has 0 aliphatic rings. The zero-order chi connectivity index (χ0) is 43.5. The van der Waals surface area contributed by atoms with E-state index in [0.717, 1.165) is 116 Å². The van der Waals surface area contributed by atoms with Crippen LogP contribution >= 0.6 is 0 Å². The summed E-state index contributed by atoms with van der Waals surface area (Å²) >= 11 is 0. The van der Waals surface area contributed by atoms with Crippen molar-refractivity contribution in [1.82, 2.24) is 0 Å². The Hall–Kier alpha value is -3.70. The molecule has 1 atom stereocenters. The van der Waals surface area contributed by atoms with Gasteiger partial charge in [-0.2, -0.15) is 0 Å². The van der Waals surface area contributed by atoms with Crippen molar-refractivity contribution < 1.29 is 23.8 Å². The van der Waals surface area contributed by atoms with Gasteiger partial charge in [0.05, 0.1) is 6.61 Å². The number of unbranched alkanes of at least 4 members (excludes halogenated alkanes) is 11. The highest BCUT2D eigenvalue weighted by Crippen LogP contribution is 2.11. The van der Waals surface area contributed by atoms with E-state index < -0.39 is 6.10 Å². The largest absolute Gasteiger partial charge is 0.462 e. The second kappa shape index (κ2) is 49.7. The Labute approximate surface area is 369 Å². The van der Waals surface area contributed by atoms with Gasteiger partial charge in [-0.25, -0.2) is 0 Å². The number of hydrogen-bond donors (Lipinski definition) is 0. The van der Waals surface area contributed by atoms with E-state index in [0.29, 0.717) is 19.4 Å². The maximum Gasteiger partial charge on any atom is 0.306 e. The molecule has 60 heavy (non-hydrogen) atoms. The van der Waals surface area contributed by atoms with Crippen molar-refractivity contribution in [1.29, 1.82) is 0 Å². The third-order valence-electron chi connectivity index (χ3n) is 9.46. The molecule has 0 aliphatic carbocycles. The number of carbonyl (C=O) groups excluding carboxylic acids is 2. The lowest BCUT2D eigenvalue weighted by molar-refractivity contribution is -0.163. The molecule has 1 unspecified atom stereocenters. The van der Waals surface area contributed by atoms with Crippen LogP contribution in [0.25, 0.3) is 0 Å². The zero-order valence-electron chi connectivity index (χ0n) is 38.7. The van der Waals surface area contributed by atoms with E-state index in [-0.39, 0.29) is 25.2 Å². The Bertz CT molecular complexity index is 1260. The fraction of sp³-hybridized carbons (Fsp3) is 0.600. The molecule has 0 aliphatic heterocycles. The van der Waals surface area contributed by atoms with E-state index in [1.807, 2.05) is 0 Å². The molecule has 0 amide bonds. The van der Waals surface area contributed by atoms with E-state index in [1.54, 1.807) is 0 Å². The quantitative estimate of drug-likeness (QED) is 0.0348. The molecular weight excluding hydrogens is 741 g/mol. The second-order valence-electron chi connectivity index (χ2n) is 15.2. The fourth-order valence-electron chi connectivity index (χ4n) is 5.94. The molecule has 0 aromatic rings. The van der Waals surface area contributed by atoms with Crippen LogP contribution in [0.3, 0.4) is 0 Å². The molecule has 0 fully saturated rings. The predicted molar refractivity (Wildman–Crippen MR) is 260 cm³/mol. The highest BCUT2D eigenvalue weighted by molar-refractivity contribution is 5.70. The van der Waals surface area contributed by atoms with Gasteiger partial charge in [-0.15, -0.1) is 0 Å². The van der Waals surface area contributed by atoms with Crippen LogP contribution in [0.2, 0.25) is 0 Å². The Morgan fingerprint density at radius 3 is 1.23 bits per heavy atom. The van der Waals surface area contributed by atoms with Crippen molar-refractivity contribution in [3.05, 3.63) is 122 Å². The van der Waals surface area contributed by atoms with Gasteiger partial charge in [-0.3, -0.25) is 9.59 Å². The summed E-state index contributed by atoms with van der Waals surface area (Å²) in [4.78, 5) is 25.3. The zero-order valence-corrected chi connectivity index (χ0v) is 38.7. The van der Waals surface area contributed by atoms with Crippen LogP contribution in [0.4, 0.5) is 0 Å². The SMILES string of the molecule is CC/C=C\C/C=C\C/C=C\C/C=C\CCCCC(=O)OCC(COCCC/C=C\C/C=C\C/C=C\C/C=C\CC)OC(=O)CCCCCCC/C=C\C/C=C\CCCCC. The Kier molecular flexibility index (Phi) is 46.6. The van der Waals surface area contributed by atoms with Crippen molar-refractivity contribution in [3.8, 4) is 0 Å². The number of carbonyl (C=O) groups is 2. The Morgan fingerprint density at radius 1 is 0.383 bits per heavy atom. The number of esters is 2. The molecule has 0 bridgehead atoms. The minimum absolute atomic E-state index is 0.0282. The summed E-state index contributed by atoms with van der Waals surface area (Å²) in [7, 11) is 0. The summed E-state index contributed by atoms with van der Waals surface area (Å²) in [6.07, 6.45) is 69.3. The average molecular weight is 829 g/mol. The summed E-state index contributed by atoms with van der Waals surface area (Å²) in [5.74, 6) is -0.502. The lowest BCUT2D eigenvalue weighted by atomic mass is 10.1. The number of hydrogen-bond acceptors (Lipinski definition) is 5. The lowest BCUT2D eigenvalue weighted by Gasteiger charge is -2.18. The lowest BCUT2D eigenvalue weighted by Crippen LogP contribution is -2.30. The molecule has 338 valence electrons. The van der Waals surface area contributed by atoms with Gasteiger partial charge >= 0.3 is 11.9 Å². The molecule has 5 heteroatoms. The van der Waals surface area contributed by atoms with Crippen LogP contribution in [-0.4, -0.2) is 37.9 Å². The van der Waals surface area contributed by atoms with E-state index in [4.69, 9.17) is 14.2 Å². The summed E-state index contributed by atoms with van der Waals surface area (Å²) < 4.78 is 17.2. The minimum Gasteiger partial charge on any atom is -0.462 e. The van der Waals surface area contributed by atoms with Crippen molar-refractivity contribution in [2.45, 2.75) is 194 Å². The third kappa shape index (κ3) is 47.0. The number of allylic oxidation sites excluding steroid dienone is 20. The van der Waals surface area contributed by atoms with Crippen LogP contribution in [0.5, 0.6) is 0 Å². The first-order chi connectivity index (χ1) is 29.6. The molecule has 0 heterocycles. The molecule has 0 spiro atoms. The van der Waals surface area contributed by atoms with E-state index >= 15 is 0 Å². The first-order valence-electron chi connectivity index (χ1n) is 24.1. The van der Waals surface area contributed by atoms with Gasteiger partial charge in [0.1, 0.15) is 6.61 Å².